The van der Waals surface area contributed by atoms with Crippen molar-refractivity contribution < 1.29 is 4.79 Å². The van der Waals surface area contributed by atoms with Gasteiger partial charge in [0.25, 0.3) is 5.91 Å². The van der Waals surface area contributed by atoms with Crippen LogP contribution in [0.4, 0.5) is 5.69 Å². The van der Waals surface area contributed by atoms with Gasteiger partial charge in [-0.3, -0.25) is 9.80 Å². The summed E-state index contributed by atoms with van der Waals surface area (Å²) in [5, 5.41) is 11.3. The first kappa shape index (κ1) is 19.6. The van der Waals surface area contributed by atoms with E-state index in [1.54, 1.807) is 12.1 Å². The molecule has 1 aliphatic carbocycles. The van der Waals surface area contributed by atoms with Gasteiger partial charge in [0.1, 0.15) is 5.71 Å². The van der Waals surface area contributed by atoms with Gasteiger partial charge < -0.3 is 5.32 Å². The summed E-state index contributed by atoms with van der Waals surface area (Å²) in [7, 11) is 0. The molecule has 2 aliphatic rings. The maximum Gasteiger partial charge on any atom is 0.268 e. The topological polar surface area (TPSA) is 44.7 Å². The molecule has 7 heteroatoms. The van der Waals surface area contributed by atoms with Crippen LogP contribution >= 0.6 is 34.8 Å². The molecular formula is C21H20Cl3N3O. The molecule has 28 heavy (non-hydrogen) atoms. The predicted octanol–water partition coefficient (Wildman–Crippen LogP) is 5.87. The molecule has 146 valence electrons. The van der Waals surface area contributed by atoms with Gasteiger partial charge in [0.2, 0.25) is 0 Å². The van der Waals surface area contributed by atoms with Crippen molar-refractivity contribution in [1.82, 2.24) is 5.32 Å². The first-order valence-corrected chi connectivity index (χ1v) is 10.5. The largest absolute Gasteiger partial charge is 0.348 e. The summed E-state index contributed by atoms with van der Waals surface area (Å²) < 4.78 is 0. The first-order valence-electron chi connectivity index (χ1n) is 9.33. The molecule has 1 amide bonds. The minimum Gasteiger partial charge on any atom is -0.348 e. The van der Waals surface area contributed by atoms with Crippen molar-refractivity contribution >= 4 is 52.1 Å². The number of amides is 1. The van der Waals surface area contributed by atoms with Crippen LogP contribution in [0.2, 0.25) is 15.1 Å². The number of hydrazone groups is 1. The van der Waals surface area contributed by atoms with Crippen LogP contribution in [-0.2, 0) is 4.79 Å². The highest BCUT2D eigenvalue weighted by Gasteiger charge is 2.40. The average Bonchev–Trinajstić information content (AvgIpc) is 2.96. The van der Waals surface area contributed by atoms with Crippen molar-refractivity contribution in [3.63, 3.8) is 0 Å². The van der Waals surface area contributed by atoms with Gasteiger partial charge in [-0.25, -0.2) is 0 Å². The van der Waals surface area contributed by atoms with Gasteiger partial charge in [-0.2, -0.15) is 5.10 Å². The van der Waals surface area contributed by atoms with Gasteiger partial charge in [-0.1, -0.05) is 53.9 Å². The summed E-state index contributed by atoms with van der Waals surface area (Å²) in [5.41, 5.74) is 2.24. The zero-order valence-corrected chi connectivity index (χ0v) is 17.6. The number of anilines is 1. The third kappa shape index (κ3) is 3.73. The fourth-order valence-electron chi connectivity index (χ4n) is 3.66. The molecule has 4 rings (SSSR count). The van der Waals surface area contributed by atoms with Crippen LogP contribution in [-0.4, -0.2) is 17.7 Å². The Morgan fingerprint density at radius 1 is 1.07 bits per heavy atom. The summed E-state index contributed by atoms with van der Waals surface area (Å²) >= 11 is 18.6. The second-order valence-electron chi connectivity index (χ2n) is 7.31. The lowest BCUT2D eigenvalue weighted by molar-refractivity contribution is -0.116. The van der Waals surface area contributed by atoms with Crippen molar-refractivity contribution in [2.45, 2.75) is 38.3 Å². The SMILES string of the molecule is C[C@@H]1C(C(=O)NC2CCC2)=NN(c2ccc(Cl)cc2Cl)[C@@H]1c1ccc(Cl)cc1. The number of carbonyl (C=O) groups excluding carboxylic acids is 1. The molecule has 0 aromatic heterocycles. The summed E-state index contributed by atoms with van der Waals surface area (Å²) in [5.74, 6) is -0.225. The Morgan fingerprint density at radius 3 is 2.36 bits per heavy atom. The van der Waals surface area contributed by atoms with Crippen molar-refractivity contribution in [1.29, 1.82) is 0 Å². The molecule has 0 radical (unpaired) electrons. The van der Waals surface area contributed by atoms with E-state index in [1.807, 2.05) is 42.3 Å². The van der Waals surface area contributed by atoms with Gasteiger partial charge in [0.15, 0.2) is 0 Å². The van der Waals surface area contributed by atoms with Gasteiger partial charge in [0.05, 0.1) is 16.8 Å². The second-order valence-corrected chi connectivity index (χ2v) is 8.59. The number of nitrogens with zero attached hydrogens (tertiary/aromatic N) is 2. The summed E-state index contributed by atoms with van der Waals surface area (Å²) in [4.78, 5) is 12.9. The van der Waals surface area contributed by atoms with Crippen LogP contribution in [0.1, 0.15) is 37.8 Å². The fourth-order valence-corrected chi connectivity index (χ4v) is 4.28. The van der Waals surface area contributed by atoms with Crippen LogP contribution in [0.5, 0.6) is 0 Å². The fraction of sp³-hybridized carbons (Fsp3) is 0.333. The summed E-state index contributed by atoms with van der Waals surface area (Å²) in [6.45, 7) is 2.02. The molecule has 2 aromatic carbocycles. The zero-order valence-electron chi connectivity index (χ0n) is 15.3. The molecule has 1 fully saturated rings. The van der Waals surface area contributed by atoms with E-state index in [-0.39, 0.29) is 23.9 Å². The minimum atomic E-state index is -0.168. The predicted molar refractivity (Wildman–Crippen MR) is 116 cm³/mol. The zero-order chi connectivity index (χ0) is 19.8. The summed E-state index contributed by atoms with van der Waals surface area (Å²) in [6.07, 6.45) is 3.22. The Labute approximate surface area is 179 Å². The van der Waals surface area contributed by atoms with E-state index in [2.05, 4.69) is 5.32 Å². The molecule has 4 nitrogen and oxygen atoms in total. The highest BCUT2D eigenvalue weighted by Crippen LogP contribution is 2.42. The number of hydrogen-bond donors (Lipinski definition) is 1. The molecule has 0 bridgehead atoms. The number of carbonyl (C=O) groups is 1. The molecule has 1 aliphatic heterocycles. The van der Waals surface area contributed by atoms with Gasteiger partial charge in [-0.05, 0) is 55.2 Å². The molecular weight excluding hydrogens is 417 g/mol. The Morgan fingerprint density at radius 2 is 1.75 bits per heavy atom. The van der Waals surface area contributed by atoms with E-state index in [0.29, 0.717) is 26.5 Å². The highest BCUT2D eigenvalue weighted by molar-refractivity contribution is 6.41. The average molecular weight is 437 g/mol. The molecule has 2 atom stereocenters. The van der Waals surface area contributed by atoms with Gasteiger partial charge >= 0.3 is 0 Å². The lowest BCUT2D eigenvalue weighted by Gasteiger charge is -2.28. The monoisotopic (exact) mass is 435 g/mol. The maximum absolute atomic E-state index is 12.9. The number of benzene rings is 2. The van der Waals surface area contributed by atoms with E-state index < -0.39 is 0 Å². The highest BCUT2D eigenvalue weighted by atomic mass is 35.5. The van der Waals surface area contributed by atoms with Crippen LogP contribution in [0.15, 0.2) is 47.6 Å². The van der Waals surface area contributed by atoms with E-state index in [0.717, 1.165) is 24.8 Å². The maximum atomic E-state index is 12.9. The van der Waals surface area contributed by atoms with Gasteiger partial charge in [0, 0.05) is 22.0 Å². The van der Waals surface area contributed by atoms with Crippen molar-refractivity contribution in [2.24, 2.45) is 11.0 Å². The molecule has 1 saturated carbocycles. The normalized spacial score (nSPS) is 22.0. The lowest BCUT2D eigenvalue weighted by atomic mass is 9.89. The third-order valence-electron chi connectivity index (χ3n) is 5.42. The number of hydrogen-bond acceptors (Lipinski definition) is 3. The quantitative estimate of drug-likeness (QED) is 0.651. The van der Waals surface area contributed by atoms with E-state index in [9.17, 15) is 4.79 Å². The van der Waals surface area contributed by atoms with Crippen LogP contribution in [0.3, 0.4) is 0 Å². The van der Waals surface area contributed by atoms with Crippen molar-refractivity contribution in [3.8, 4) is 0 Å². The minimum absolute atomic E-state index is 0.108. The van der Waals surface area contributed by atoms with Crippen molar-refractivity contribution in [2.75, 3.05) is 5.01 Å². The lowest BCUT2D eigenvalue weighted by Crippen LogP contribution is -2.44. The van der Waals surface area contributed by atoms with E-state index in [1.165, 1.54) is 0 Å². The van der Waals surface area contributed by atoms with Crippen LogP contribution in [0, 0.1) is 5.92 Å². The van der Waals surface area contributed by atoms with Crippen molar-refractivity contribution in [3.05, 3.63) is 63.1 Å². The summed E-state index contributed by atoms with van der Waals surface area (Å²) in [6, 6.07) is 13.0. The third-order valence-corrected chi connectivity index (χ3v) is 6.21. The molecule has 2 aromatic rings. The van der Waals surface area contributed by atoms with Gasteiger partial charge in [-0.15, -0.1) is 0 Å². The molecule has 1 heterocycles. The Balaban J connectivity index is 1.72. The van der Waals surface area contributed by atoms with Crippen LogP contribution < -0.4 is 10.3 Å². The molecule has 0 saturated heterocycles. The van der Waals surface area contributed by atoms with Crippen LogP contribution in [0.25, 0.3) is 0 Å². The molecule has 0 unspecified atom stereocenters. The first-order chi connectivity index (χ1) is 13.4. The Kier molecular flexibility index (Phi) is 5.55. The molecule has 0 spiro atoms. The number of rotatable bonds is 4. The number of nitrogens with one attached hydrogen (secondary N) is 1. The van der Waals surface area contributed by atoms with E-state index in [4.69, 9.17) is 39.9 Å². The smallest absolute Gasteiger partial charge is 0.268 e. The molecule has 1 N–H and O–H groups in total. The Bertz CT molecular complexity index is 925. The Hall–Kier alpha value is -1.75. The van der Waals surface area contributed by atoms with E-state index >= 15 is 0 Å². The second kappa shape index (κ2) is 7.94. The standard InChI is InChI=1S/C21H20Cl3N3O/c1-12-19(21(28)25-16-3-2-4-16)26-27(18-10-9-15(23)11-17(18)24)20(12)13-5-7-14(22)8-6-13/h5-12,16,20H,2-4H2,1H3,(H,25,28)/t12-,20+/m1/s1. The number of halogens is 3.